The quantitative estimate of drug-likeness (QED) is 0.0597. The van der Waals surface area contributed by atoms with Gasteiger partial charge in [-0.2, -0.15) is 0 Å². The van der Waals surface area contributed by atoms with Crippen LogP contribution in [-0.4, -0.2) is 99.2 Å². The molecule has 47 heavy (non-hydrogen) atoms. The largest absolute Gasteiger partial charge is 0.465 e. The van der Waals surface area contributed by atoms with Gasteiger partial charge in [-0.15, -0.1) is 0 Å². The summed E-state index contributed by atoms with van der Waals surface area (Å²) in [5.74, 6) is 5.37. The number of carbonyl (C=O) groups is 2. The predicted molar refractivity (Wildman–Crippen MR) is 227 cm³/mol. The van der Waals surface area contributed by atoms with Crippen LogP contribution in [0.3, 0.4) is 0 Å². The third kappa shape index (κ3) is 56.3. The lowest BCUT2D eigenvalue weighted by atomic mass is 9.86. The first kappa shape index (κ1) is 57.1. The smallest absolute Gasteiger partial charge is 0.307 e. The van der Waals surface area contributed by atoms with Crippen molar-refractivity contribution < 1.29 is 19.1 Å². The SMILES string of the molecule is CC.CCC(=O)OCCSSCC(C)(C)CC(C)C.CCCN(C)CCC(=O)OCCSSCC(C)(C)CC(C)C.CN(C)C.S=S. The topological polar surface area (TPSA) is 59.1 Å². The number of rotatable bonds is 22. The minimum atomic E-state index is -0.101. The first-order chi connectivity index (χ1) is 21.9. The second-order valence-corrected chi connectivity index (χ2v) is 19.0. The van der Waals surface area contributed by atoms with E-state index in [1.807, 2.05) is 86.2 Å². The molecule has 0 rings (SSSR count). The van der Waals surface area contributed by atoms with Gasteiger partial charge in [-0.1, -0.05) is 126 Å². The van der Waals surface area contributed by atoms with Gasteiger partial charge in [0.2, 0.25) is 0 Å². The van der Waals surface area contributed by atoms with Gasteiger partial charge in [-0.25, -0.2) is 0 Å². The Morgan fingerprint density at radius 1 is 0.681 bits per heavy atom. The molecule has 0 amide bonds. The van der Waals surface area contributed by atoms with Crippen molar-refractivity contribution in [1.82, 2.24) is 9.80 Å². The van der Waals surface area contributed by atoms with Crippen LogP contribution in [0.4, 0.5) is 0 Å². The zero-order chi connectivity index (χ0) is 37.9. The lowest BCUT2D eigenvalue weighted by Gasteiger charge is -2.25. The lowest BCUT2D eigenvalue weighted by molar-refractivity contribution is -0.143. The number of hydrogen-bond donors (Lipinski definition) is 0. The van der Waals surface area contributed by atoms with Gasteiger partial charge in [-0.3, -0.25) is 9.59 Å². The Labute approximate surface area is 319 Å². The maximum Gasteiger partial charge on any atom is 0.307 e. The first-order valence-electron chi connectivity index (χ1n) is 17.1. The van der Waals surface area contributed by atoms with Crippen molar-refractivity contribution in [3.8, 4) is 0 Å². The fourth-order valence-corrected chi connectivity index (χ4v) is 9.29. The zero-order valence-electron chi connectivity index (χ0n) is 33.3. The summed E-state index contributed by atoms with van der Waals surface area (Å²) in [6.45, 7) is 29.2. The summed E-state index contributed by atoms with van der Waals surface area (Å²) in [5, 5.41) is 0. The second kappa shape index (κ2) is 39.5. The van der Waals surface area contributed by atoms with Crippen LogP contribution in [0.1, 0.15) is 115 Å². The van der Waals surface area contributed by atoms with Gasteiger partial charge in [0.15, 0.2) is 0 Å². The Kier molecular flexibility index (Phi) is 47.9. The van der Waals surface area contributed by atoms with Gasteiger partial charge >= 0.3 is 11.9 Å². The first-order valence-corrected chi connectivity index (χ1v) is 23.4. The van der Waals surface area contributed by atoms with E-state index < -0.39 is 0 Å². The molecule has 0 N–H and O–H groups in total. The molecule has 0 atom stereocenters. The summed E-state index contributed by atoms with van der Waals surface area (Å²) in [5.41, 5.74) is 0.776. The maximum atomic E-state index is 11.6. The highest BCUT2D eigenvalue weighted by atomic mass is 33.1. The van der Waals surface area contributed by atoms with Crippen LogP contribution in [0.5, 0.6) is 0 Å². The Bertz CT molecular complexity index is 682. The van der Waals surface area contributed by atoms with Crippen molar-refractivity contribution >= 4 is 77.5 Å². The molecule has 0 aliphatic carbocycles. The van der Waals surface area contributed by atoms with Crippen molar-refractivity contribution in [2.24, 2.45) is 22.7 Å². The Balaban J connectivity index is -0.000000208. The van der Waals surface area contributed by atoms with Gasteiger partial charge < -0.3 is 19.3 Å². The van der Waals surface area contributed by atoms with Crippen molar-refractivity contribution in [1.29, 1.82) is 0 Å². The molecule has 0 aliphatic rings. The van der Waals surface area contributed by atoms with Crippen molar-refractivity contribution in [3.63, 3.8) is 0 Å². The number of ether oxygens (including phenoxy) is 2. The summed E-state index contributed by atoms with van der Waals surface area (Å²) in [7, 11) is 15.4. The molecule has 0 radical (unpaired) electrons. The molecule has 0 unspecified atom stereocenters. The van der Waals surface area contributed by atoms with E-state index in [0.29, 0.717) is 36.9 Å². The minimum Gasteiger partial charge on any atom is -0.465 e. The fraction of sp³-hybridized carbons (Fsp3) is 0.943. The van der Waals surface area contributed by atoms with Gasteiger partial charge in [0, 0.05) is 58.4 Å². The molecule has 0 aliphatic heterocycles. The van der Waals surface area contributed by atoms with Gasteiger partial charge in [-0.05, 0) is 76.7 Å². The van der Waals surface area contributed by atoms with Gasteiger partial charge in [0.25, 0.3) is 0 Å². The minimum absolute atomic E-state index is 0.0753. The summed E-state index contributed by atoms with van der Waals surface area (Å²) in [6, 6.07) is 0. The average molecular weight is 781 g/mol. The molecule has 0 bridgehead atoms. The van der Waals surface area contributed by atoms with Crippen LogP contribution in [0.2, 0.25) is 0 Å². The van der Waals surface area contributed by atoms with E-state index in [2.05, 4.69) is 89.6 Å². The molecule has 0 aromatic rings. The molecule has 6 nitrogen and oxygen atoms in total. The van der Waals surface area contributed by atoms with E-state index in [4.69, 9.17) is 9.47 Å². The van der Waals surface area contributed by atoms with Crippen LogP contribution < -0.4 is 0 Å². The van der Waals surface area contributed by atoms with Gasteiger partial charge in [0.1, 0.15) is 13.2 Å². The summed E-state index contributed by atoms with van der Waals surface area (Å²) >= 11 is 7.33. The van der Waals surface area contributed by atoms with E-state index in [9.17, 15) is 9.59 Å². The zero-order valence-corrected chi connectivity index (χ0v) is 38.2. The number of nitrogens with zero attached hydrogens (tertiary/aromatic N) is 2. The molecule has 0 saturated carbocycles. The van der Waals surface area contributed by atoms with E-state index in [1.54, 1.807) is 10.8 Å². The predicted octanol–water partition coefficient (Wildman–Crippen LogP) is 10.3. The van der Waals surface area contributed by atoms with E-state index in [0.717, 1.165) is 54.4 Å². The molecule has 12 heteroatoms. The van der Waals surface area contributed by atoms with Crippen molar-refractivity contribution in [3.05, 3.63) is 0 Å². The molecular formula is C35H76N2O4S6. The molecule has 0 spiro atoms. The van der Waals surface area contributed by atoms with Crippen LogP contribution in [-0.2, 0) is 41.4 Å². The summed E-state index contributed by atoms with van der Waals surface area (Å²) in [6.07, 6.45) is 4.59. The summed E-state index contributed by atoms with van der Waals surface area (Å²) < 4.78 is 10.3. The fourth-order valence-electron chi connectivity index (χ4n) is 4.18. The average Bonchev–Trinajstić information content (AvgIpc) is 2.96. The maximum absolute atomic E-state index is 11.6. The van der Waals surface area contributed by atoms with Crippen molar-refractivity contribution in [2.75, 3.05) is 77.5 Å². The van der Waals surface area contributed by atoms with Crippen LogP contribution in [0.25, 0.3) is 0 Å². The molecule has 0 heterocycles. The Morgan fingerprint density at radius 3 is 1.36 bits per heavy atom. The highest BCUT2D eigenvalue weighted by Gasteiger charge is 2.20. The molecule has 0 aromatic carbocycles. The normalized spacial score (nSPS) is 11.0. The van der Waals surface area contributed by atoms with Gasteiger partial charge in [0.05, 0.1) is 6.42 Å². The number of hydrogen-bond acceptors (Lipinski definition) is 12. The molecular weight excluding hydrogens is 705 g/mol. The molecule has 0 aromatic heterocycles. The van der Waals surface area contributed by atoms with E-state index in [1.165, 1.54) is 12.8 Å². The molecule has 0 saturated heterocycles. The highest BCUT2D eigenvalue weighted by molar-refractivity contribution is 8.77. The third-order valence-electron chi connectivity index (χ3n) is 5.44. The Morgan fingerprint density at radius 2 is 1.04 bits per heavy atom. The number of carbonyl (C=O) groups excluding carboxylic acids is 2. The molecule has 0 fully saturated rings. The van der Waals surface area contributed by atoms with Crippen LogP contribution in [0.15, 0.2) is 0 Å². The van der Waals surface area contributed by atoms with Crippen LogP contribution in [0, 0.1) is 22.7 Å². The van der Waals surface area contributed by atoms with E-state index in [-0.39, 0.29) is 11.9 Å². The van der Waals surface area contributed by atoms with Crippen molar-refractivity contribution in [2.45, 2.75) is 115 Å². The lowest BCUT2D eigenvalue weighted by Crippen LogP contribution is -2.23. The standard InChI is InChI=1S/C17H35NO2S2.C13H26O2S2.C3H9N.C2H6.S2/c1-7-9-18(6)10-8-16(19)20-11-12-21-22-14-17(4,5)13-15(2)3;1-6-12(14)15-7-8-16-17-10-13(4,5)9-11(2)3;1-4(2)3;2*1-2/h15H,7-14H2,1-6H3;11H,6-10H2,1-5H3;1-3H3;1-2H3;. The van der Waals surface area contributed by atoms with E-state index >= 15 is 0 Å². The summed E-state index contributed by atoms with van der Waals surface area (Å²) in [4.78, 5) is 26.7. The highest BCUT2D eigenvalue weighted by Crippen LogP contribution is 2.35. The Hall–Kier alpha value is 0.700. The van der Waals surface area contributed by atoms with Crippen LogP contribution >= 0.6 is 43.2 Å². The number of esters is 2. The third-order valence-corrected chi connectivity index (χ3v) is 10.9. The molecule has 286 valence electrons. The second-order valence-electron chi connectivity index (χ2n) is 13.9. The monoisotopic (exact) mass is 780 g/mol.